The van der Waals surface area contributed by atoms with Gasteiger partial charge in [-0.3, -0.25) is 9.69 Å². The molecule has 0 saturated carbocycles. The second-order valence-electron chi connectivity index (χ2n) is 6.51. The maximum absolute atomic E-state index is 12.1. The van der Waals surface area contributed by atoms with Crippen LogP contribution in [0.5, 0.6) is 0 Å². The minimum Gasteiger partial charge on any atom is -0.379 e. The SMILES string of the molecule is Cc1cccc(C(CNC(=O)C(C)(C)N)N2CCOCC2)c1.Cl.Cl. The number of rotatable bonds is 5. The number of aryl methyl sites for hydroxylation is 1. The highest BCUT2D eigenvalue weighted by Crippen LogP contribution is 2.22. The van der Waals surface area contributed by atoms with Gasteiger partial charge in [0.05, 0.1) is 24.8 Å². The monoisotopic (exact) mass is 377 g/mol. The standard InChI is InChI=1S/C17H27N3O2.2ClH/c1-13-5-4-6-14(11-13)15(20-7-9-22-10-8-20)12-19-16(21)17(2,3)18;;/h4-6,11,15H,7-10,12,18H2,1-3H3,(H,19,21);2*1H. The number of nitrogens with one attached hydrogen (secondary N) is 1. The molecule has 24 heavy (non-hydrogen) atoms. The largest absolute Gasteiger partial charge is 0.379 e. The lowest BCUT2D eigenvalue weighted by atomic mass is 10.0. The molecule has 1 aromatic carbocycles. The van der Waals surface area contributed by atoms with Gasteiger partial charge in [-0.2, -0.15) is 0 Å². The first-order chi connectivity index (χ1) is 10.4. The number of hydrogen-bond donors (Lipinski definition) is 2. The van der Waals surface area contributed by atoms with E-state index in [1.807, 2.05) is 0 Å². The van der Waals surface area contributed by atoms with Crippen molar-refractivity contribution in [2.45, 2.75) is 32.4 Å². The highest BCUT2D eigenvalue weighted by atomic mass is 35.5. The summed E-state index contributed by atoms with van der Waals surface area (Å²) in [5.41, 5.74) is 7.44. The van der Waals surface area contributed by atoms with Crippen LogP contribution in [-0.4, -0.2) is 49.2 Å². The van der Waals surface area contributed by atoms with Crippen molar-refractivity contribution in [3.8, 4) is 0 Å². The van der Waals surface area contributed by atoms with E-state index in [0.717, 1.165) is 26.3 Å². The third-order valence-corrected chi connectivity index (χ3v) is 3.95. The Kier molecular flexibility index (Phi) is 9.85. The third kappa shape index (κ3) is 6.57. The van der Waals surface area contributed by atoms with E-state index in [2.05, 4.69) is 41.4 Å². The van der Waals surface area contributed by atoms with Crippen molar-refractivity contribution in [2.24, 2.45) is 5.73 Å². The van der Waals surface area contributed by atoms with E-state index in [-0.39, 0.29) is 36.8 Å². The van der Waals surface area contributed by atoms with Gasteiger partial charge in [-0.1, -0.05) is 29.8 Å². The fraction of sp³-hybridized carbons (Fsp3) is 0.588. The fourth-order valence-corrected chi connectivity index (χ4v) is 2.64. The van der Waals surface area contributed by atoms with Gasteiger partial charge in [-0.15, -0.1) is 24.8 Å². The molecule has 0 spiro atoms. The average Bonchev–Trinajstić information content (AvgIpc) is 2.47. The number of carbonyl (C=O) groups excluding carboxylic acids is 1. The van der Waals surface area contributed by atoms with Crippen LogP contribution in [0.1, 0.15) is 31.0 Å². The molecule has 1 amide bonds. The van der Waals surface area contributed by atoms with Crippen molar-refractivity contribution in [3.63, 3.8) is 0 Å². The molecule has 1 aromatic rings. The molecule has 1 saturated heterocycles. The minimum absolute atomic E-state index is 0. The number of amides is 1. The van der Waals surface area contributed by atoms with Crippen LogP contribution in [0.15, 0.2) is 24.3 Å². The molecule has 7 heteroatoms. The number of nitrogens with zero attached hydrogens (tertiary/aromatic N) is 1. The van der Waals surface area contributed by atoms with E-state index in [1.54, 1.807) is 13.8 Å². The summed E-state index contributed by atoms with van der Waals surface area (Å²) in [6, 6.07) is 8.59. The van der Waals surface area contributed by atoms with E-state index in [4.69, 9.17) is 10.5 Å². The van der Waals surface area contributed by atoms with Gasteiger partial charge in [-0.05, 0) is 26.3 Å². The molecule has 1 heterocycles. The second kappa shape index (κ2) is 10.2. The summed E-state index contributed by atoms with van der Waals surface area (Å²) < 4.78 is 5.44. The van der Waals surface area contributed by atoms with E-state index in [1.165, 1.54) is 11.1 Å². The Hall–Kier alpha value is -0.850. The van der Waals surface area contributed by atoms with Gasteiger partial charge in [-0.25, -0.2) is 0 Å². The quantitative estimate of drug-likeness (QED) is 0.823. The molecule has 0 bridgehead atoms. The highest BCUT2D eigenvalue weighted by Gasteiger charge is 2.26. The van der Waals surface area contributed by atoms with Gasteiger partial charge < -0.3 is 15.8 Å². The van der Waals surface area contributed by atoms with Crippen LogP contribution in [0.4, 0.5) is 0 Å². The Labute approximate surface area is 157 Å². The summed E-state index contributed by atoms with van der Waals surface area (Å²) in [5.74, 6) is -0.126. The predicted octanol–water partition coefficient (Wildman–Crippen LogP) is 2.07. The zero-order valence-electron chi connectivity index (χ0n) is 14.6. The summed E-state index contributed by atoms with van der Waals surface area (Å²) >= 11 is 0. The molecule has 1 atom stereocenters. The van der Waals surface area contributed by atoms with Gasteiger partial charge in [0.2, 0.25) is 5.91 Å². The van der Waals surface area contributed by atoms with E-state index < -0.39 is 5.54 Å². The summed E-state index contributed by atoms with van der Waals surface area (Å²) in [6.45, 7) is 9.31. The van der Waals surface area contributed by atoms with Gasteiger partial charge in [0.1, 0.15) is 0 Å². The number of morpholine rings is 1. The van der Waals surface area contributed by atoms with E-state index in [9.17, 15) is 4.79 Å². The van der Waals surface area contributed by atoms with Crippen molar-refractivity contribution >= 4 is 30.7 Å². The Morgan fingerprint density at radius 2 is 1.96 bits per heavy atom. The lowest BCUT2D eigenvalue weighted by Gasteiger charge is -2.35. The van der Waals surface area contributed by atoms with Crippen LogP contribution >= 0.6 is 24.8 Å². The van der Waals surface area contributed by atoms with Crippen LogP contribution in [0.25, 0.3) is 0 Å². The molecule has 138 valence electrons. The summed E-state index contributed by atoms with van der Waals surface area (Å²) in [7, 11) is 0. The maximum atomic E-state index is 12.1. The first-order valence-electron chi connectivity index (χ1n) is 7.83. The Morgan fingerprint density at radius 3 is 2.50 bits per heavy atom. The molecule has 5 nitrogen and oxygen atoms in total. The zero-order valence-corrected chi connectivity index (χ0v) is 16.2. The Balaban J connectivity index is 0.00000264. The van der Waals surface area contributed by atoms with Crippen LogP contribution in [0.2, 0.25) is 0 Å². The molecular formula is C17H29Cl2N3O2. The Bertz CT molecular complexity index is 515. The van der Waals surface area contributed by atoms with Gasteiger partial charge in [0.25, 0.3) is 0 Å². The van der Waals surface area contributed by atoms with Crippen molar-refractivity contribution in [1.29, 1.82) is 0 Å². The summed E-state index contributed by atoms with van der Waals surface area (Å²) in [5, 5.41) is 2.99. The number of halogens is 2. The number of nitrogens with two attached hydrogens (primary N) is 1. The van der Waals surface area contributed by atoms with E-state index >= 15 is 0 Å². The molecule has 1 aliphatic rings. The maximum Gasteiger partial charge on any atom is 0.239 e. The fourth-order valence-electron chi connectivity index (χ4n) is 2.64. The molecule has 0 aliphatic carbocycles. The lowest BCUT2D eigenvalue weighted by Crippen LogP contribution is -2.51. The number of carbonyl (C=O) groups is 1. The lowest BCUT2D eigenvalue weighted by molar-refractivity contribution is -0.125. The first kappa shape index (κ1) is 23.1. The molecule has 0 radical (unpaired) electrons. The molecule has 1 fully saturated rings. The number of ether oxygens (including phenoxy) is 1. The predicted molar refractivity (Wildman–Crippen MR) is 102 cm³/mol. The van der Waals surface area contributed by atoms with Gasteiger partial charge in [0.15, 0.2) is 0 Å². The number of hydrogen-bond acceptors (Lipinski definition) is 4. The average molecular weight is 378 g/mol. The molecule has 2 rings (SSSR count). The van der Waals surface area contributed by atoms with Crippen molar-refractivity contribution in [3.05, 3.63) is 35.4 Å². The zero-order chi connectivity index (χ0) is 16.2. The molecular weight excluding hydrogens is 349 g/mol. The second-order valence-corrected chi connectivity index (χ2v) is 6.51. The molecule has 1 aliphatic heterocycles. The van der Waals surface area contributed by atoms with Gasteiger partial charge in [0, 0.05) is 19.6 Å². The smallest absolute Gasteiger partial charge is 0.239 e. The topological polar surface area (TPSA) is 67.6 Å². The normalized spacial score (nSPS) is 16.5. The minimum atomic E-state index is -0.859. The highest BCUT2D eigenvalue weighted by molar-refractivity contribution is 5.86. The van der Waals surface area contributed by atoms with Crippen LogP contribution in [-0.2, 0) is 9.53 Å². The molecule has 3 N–H and O–H groups in total. The molecule has 1 unspecified atom stereocenters. The van der Waals surface area contributed by atoms with E-state index in [0.29, 0.717) is 6.54 Å². The summed E-state index contributed by atoms with van der Waals surface area (Å²) in [6.07, 6.45) is 0. The van der Waals surface area contributed by atoms with Crippen LogP contribution in [0.3, 0.4) is 0 Å². The summed E-state index contributed by atoms with van der Waals surface area (Å²) in [4.78, 5) is 14.4. The number of benzene rings is 1. The van der Waals surface area contributed by atoms with Crippen molar-refractivity contribution in [1.82, 2.24) is 10.2 Å². The van der Waals surface area contributed by atoms with Gasteiger partial charge >= 0.3 is 0 Å². The Morgan fingerprint density at radius 1 is 1.33 bits per heavy atom. The third-order valence-electron chi connectivity index (χ3n) is 3.95. The van der Waals surface area contributed by atoms with Crippen LogP contribution < -0.4 is 11.1 Å². The first-order valence-corrected chi connectivity index (χ1v) is 7.83. The van der Waals surface area contributed by atoms with Crippen molar-refractivity contribution < 1.29 is 9.53 Å². The van der Waals surface area contributed by atoms with Crippen molar-refractivity contribution in [2.75, 3.05) is 32.8 Å². The molecule has 0 aromatic heterocycles. The van der Waals surface area contributed by atoms with Crippen LogP contribution in [0, 0.1) is 6.92 Å².